The predicted octanol–water partition coefficient (Wildman–Crippen LogP) is 4.13. The molecular weight excluding hydrogens is 370 g/mol. The van der Waals surface area contributed by atoms with Gasteiger partial charge in [0.15, 0.2) is 11.0 Å². The van der Waals surface area contributed by atoms with E-state index in [9.17, 15) is 4.79 Å². The second-order valence-electron chi connectivity index (χ2n) is 5.44. The maximum atomic E-state index is 12.1. The molecule has 0 atom stereocenters. The molecule has 3 rings (SSSR count). The van der Waals surface area contributed by atoms with Crippen LogP contribution in [0.4, 0.5) is 5.69 Å². The number of nitrogens with zero attached hydrogens (tertiary/aromatic N) is 4. The summed E-state index contributed by atoms with van der Waals surface area (Å²) in [5.41, 5.74) is 1.67. The zero-order valence-corrected chi connectivity index (χ0v) is 15.8. The molecular formula is C18H18ClN5OS. The molecule has 0 unspecified atom stereocenters. The molecule has 134 valence electrons. The number of hydrogen-bond donors (Lipinski definition) is 1. The highest BCUT2D eigenvalue weighted by molar-refractivity contribution is 7.99. The molecule has 26 heavy (non-hydrogen) atoms. The van der Waals surface area contributed by atoms with Crippen LogP contribution in [0.5, 0.6) is 0 Å². The van der Waals surface area contributed by atoms with Gasteiger partial charge in [-0.3, -0.25) is 9.78 Å². The van der Waals surface area contributed by atoms with Gasteiger partial charge in [-0.15, -0.1) is 10.2 Å². The minimum atomic E-state index is -0.0586. The lowest BCUT2D eigenvalue weighted by atomic mass is 10.2. The number of thioether (sulfide) groups is 1. The van der Waals surface area contributed by atoms with Crippen LogP contribution < -0.4 is 5.32 Å². The van der Waals surface area contributed by atoms with Crippen LogP contribution in [0.1, 0.15) is 13.3 Å². The number of benzene rings is 1. The fourth-order valence-corrected chi connectivity index (χ4v) is 3.55. The molecule has 8 heteroatoms. The van der Waals surface area contributed by atoms with Crippen molar-refractivity contribution in [3.63, 3.8) is 0 Å². The van der Waals surface area contributed by atoms with Crippen molar-refractivity contribution < 1.29 is 4.79 Å². The lowest BCUT2D eigenvalue weighted by Gasteiger charge is -2.08. The Morgan fingerprint density at radius 3 is 2.77 bits per heavy atom. The third-order valence-electron chi connectivity index (χ3n) is 3.64. The van der Waals surface area contributed by atoms with Gasteiger partial charge >= 0.3 is 0 Å². The quantitative estimate of drug-likeness (QED) is 0.617. The molecule has 0 fully saturated rings. The zero-order valence-electron chi connectivity index (χ0n) is 14.2. The summed E-state index contributed by atoms with van der Waals surface area (Å²) in [6.45, 7) is 2.80. The number of rotatable bonds is 7. The van der Waals surface area contributed by atoms with Gasteiger partial charge in [-0.25, -0.2) is 0 Å². The van der Waals surface area contributed by atoms with E-state index in [1.807, 2.05) is 29.7 Å². The Morgan fingerprint density at radius 2 is 2.04 bits per heavy atom. The Bertz CT molecular complexity index is 884. The summed E-state index contributed by atoms with van der Waals surface area (Å²) in [6.07, 6.45) is 3.84. The first-order chi connectivity index (χ1) is 12.7. The summed E-state index contributed by atoms with van der Waals surface area (Å²) in [7, 11) is 0. The largest absolute Gasteiger partial charge is 0.326 e. The van der Waals surface area contributed by atoms with E-state index in [4.69, 9.17) is 11.6 Å². The summed E-state index contributed by atoms with van der Waals surface area (Å²) in [4.78, 5) is 16.1. The van der Waals surface area contributed by atoms with Crippen molar-refractivity contribution in [3.8, 4) is 11.4 Å². The van der Waals surface area contributed by atoms with Crippen molar-refractivity contribution in [2.45, 2.75) is 25.0 Å². The predicted molar refractivity (Wildman–Crippen MR) is 104 cm³/mol. The molecule has 0 aliphatic rings. The molecule has 2 aromatic heterocycles. The molecule has 0 saturated heterocycles. The van der Waals surface area contributed by atoms with Gasteiger partial charge in [-0.05, 0) is 37.3 Å². The number of anilines is 1. The van der Waals surface area contributed by atoms with Gasteiger partial charge in [0.05, 0.1) is 0 Å². The molecule has 0 saturated carbocycles. The second kappa shape index (κ2) is 8.82. The van der Waals surface area contributed by atoms with Crippen LogP contribution in [-0.4, -0.2) is 31.4 Å². The maximum absolute atomic E-state index is 12.1. The number of aromatic nitrogens is 4. The number of hydrogen-bond acceptors (Lipinski definition) is 5. The standard InChI is InChI=1S/C18H18ClN5OS/c1-2-24-17(13-6-9-20-10-7-13)22-23-18(24)26-11-8-16(25)21-15-5-3-4-14(19)12-15/h3-7,9-10,12H,2,8,11H2,1H3,(H,21,25). The van der Waals surface area contributed by atoms with Crippen LogP contribution in [0.15, 0.2) is 53.9 Å². The lowest BCUT2D eigenvalue weighted by Crippen LogP contribution is -2.12. The first-order valence-electron chi connectivity index (χ1n) is 8.19. The van der Waals surface area contributed by atoms with Crippen LogP contribution in [0.25, 0.3) is 11.4 Å². The van der Waals surface area contributed by atoms with E-state index in [0.29, 0.717) is 22.9 Å². The highest BCUT2D eigenvalue weighted by Crippen LogP contribution is 2.24. The van der Waals surface area contributed by atoms with Crippen LogP contribution in [0.3, 0.4) is 0 Å². The van der Waals surface area contributed by atoms with Gasteiger partial charge in [0.2, 0.25) is 5.91 Å². The Morgan fingerprint density at radius 1 is 1.23 bits per heavy atom. The molecule has 1 aromatic carbocycles. The fourth-order valence-electron chi connectivity index (χ4n) is 2.42. The third-order valence-corrected chi connectivity index (χ3v) is 4.84. The number of pyridine rings is 1. The molecule has 0 aliphatic carbocycles. The first kappa shape index (κ1) is 18.4. The van der Waals surface area contributed by atoms with Crippen molar-refractivity contribution in [3.05, 3.63) is 53.8 Å². The molecule has 3 aromatic rings. The van der Waals surface area contributed by atoms with Crippen molar-refractivity contribution in [2.75, 3.05) is 11.1 Å². The highest BCUT2D eigenvalue weighted by Gasteiger charge is 2.13. The van der Waals surface area contributed by atoms with Crippen molar-refractivity contribution >= 4 is 35.0 Å². The molecule has 2 heterocycles. The summed E-state index contributed by atoms with van der Waals surface area (Å²) in [5.74, 6) is 1.36. The molecule has 0 spiro atoms. The van der Waals surface area contributed by atoms with Crippen LogP contribution in [-0.2, 0) is 11.3 Å². The van der Waals surface area contributed by atoms with E-state index >= 15 is 0 Å². The zero-order chi connectivity index (χ0) is 18.4. The summed E-state index contributed by atoms with van der Waals surface area (Å²) in [5, 5.41) is 12.8. The molecule has 0 bridgehead atoms. The molecule has 0 aliphatic heterocycles. The average Bonchev–Trinajstić information content (AvgIpc) is 3.05. The smallest absolute Gasteiger partial charge is 0.225 e. The van der Waals surface area contributed by atoms with Crippen LogP contribution in [0.2, 0.25) is 5.02 Å². The Labute approximate surface area is 161 Å². The number of amides is 1. The average molecular weight is 388 g/mol. The highest BCUT2D eigenvalue weighted by atomic mass is 35.5. The van der Waals surface area contributed by atoms with E-state index in [0.717, 1.165) is 23.1 Å². The fraction of sp³-hybridized carbons (Fsp3) is 0.222. The maximum Gasteiger partial charge on any atom is 0.225 e. The number of carbonyl (C=O) groups excluding carboxylic acids is 1. The van der Waals surface area contributed by atoms with E-state index < -0.39 is 0 Å². The van der Waals surface area contributed by atoms with E-state index in [2.05, 4.69) is 20.5 Å². The monoisotopic (exact) mass is 387 g/mol. The van der Waals surface area contributed by atoms with Crippen molar-refractivity contribution in [1.29, 1.82) is 0 Å². The van der Waals surface area contributed by atoms with E-state index in [1.165, 1.54) is 11.8 Å². The molecule has 1 N–H and O–H groups in total. The van der Waals surface area contributed by atoms with Crippen LogP contribution in [0, 0.1) is 0 Å². The minimum Gasteiger partial charge on any atom is -0.326 e. The number of carbonyl (C=O) groups is 1. The van der Waals surface area contributed by atoms with Gasteiger partial charge < -0.3 is 9.88 Å². The SMILES string of the molecule is CCn1c(SCCC(=O)Nc2cccc(Cl)c2)nnc1-c1ccncc1. The summed E-state index contributed by atoms with van der Waals surface area (Å²) in [6, 6.07) is 10.9. The Hall–Kier alpha value is -2.38. The van der Waals surface area contributed by atoms with Gasteiger partial charge in [0.25, 0.3) is 0 Å². The van der Waals surface area contributed by atoms with Gasteiger partial charge in [-0.2, -0.15) is 0 Å². The van der Waals surface area contributed by atoms with Crippen LogP contribution >= 0.6 is 23.4 Å². The van der Waals surface area contributed by atoms with Crippen molar-refractivity contribution in [2.24, 2.45) is 0 Å². The summed E-state index contributed by atoms with van der Waals surface area (Å²) < 4.78 is 2.04. The van der Waals surface area contributed by atoms with Gasteiger partial charge in [0, 0.05) is 47.4 Å². The minimum absolute atomic E-state index is 0.0586. The Kier molecular flexibility index (Phi) is 6.25. The molecule has 6 nitrogen and oxygen atoms in total. The molecule has 0 radical (unpaired) electrons. The topological polar surface area (TPSA) is 72.7 Å². The Balaban J connectivity index is 1.58. The summed E-state index contributed by atoms with van der Waals surface area (Å²) >= 11 is 7.44. The lowest BCUT2D eigenvalue weighted by molar-refractivity contribution is -0.115. The van der Waals surface area contributed by atoms with Crippen molar-refractivity contribution in [1.82, 2.24) is 19.7 Å². The number of nitrogens with one attached hydrogen (secondary N) is 1. The number of halogens is 1. The normalized spacial score (nSPS) is 10.7. The van der Waals surface area contributed by atoms with Gasteiger partial charge in [0.1, 0.15) is 0 Å². The van der Waals surface area contributed by atoms with Gasteiger partial charge in [-0.1, -0.05) is 29.4 Å². The van der Waals surface area contributed by atoms with E-state index in [1.54, 1.807) is 30.6 Å². The second-order valence-corrected chi connectivity index (χ2v) is 6.94. The van der Waals surface area contributed by atoms with E-state index in [-0.39, 0.29) is 5.91 Å². The third kappa shape index (κ3) is 4.62. The first-order valence-corrected chi connectivity index (χ1v) is 9.55. The molecule has 1 amide bonds.